The Morgan fingerprint density at radius 3 is 2.24 bits per heavy atom. The standard InChI is InChI=1S/C28H24N2O6S/c31-21-12-10-18(11-13-21)17-6-8-20(9-7-17)25(19-4-2-1-3-5-19)36-16-23(32)29-24-26(33)30-22(28(34)35)14-15-37-27(24)30/h1-14,24-25,27,31H,15-16H2,(H,29,32)(H,34,35). The number of carboxylic acid groups (broad SMARTS) is 1. The van der Waals surface area contributed by atoms with Crippen LogP contribution in [0.4, 0.5) is 0 Å². The molecule has 8 nitrogen and oxygen atoms in total. The van der Waals surface area contributed by atoms with Gasteiger partial charge in [0.15, 0.2) is 0 Å². The summed E-state index contributed by atoms with van der Waals surface area (Å²) in [6.45, 7) is -0.276. The van der Waals surface area contributed by atoms with E-state index in [1.807, 2.05) is 66.7 Å². The van der Waals surface area contributed by atoms with E-state index < -0.39 is 35.3 Å². The van der Waals surface area contributed by atoms with Crippen LogP contribution in [0, 0.1) is 0 Å². The number of fused-ring (bicyclic) bond motifs is 1. The number of hydrogen-bond acceptors (Lipinski definition) is 6. The first-order chi connectivity index (χ1) is 17.9. The van der Waals surface area contributed by atoms with Gasteiger partial charge in [-0.15, -0.1) is 11.8 Å². The number of benzene rings is 3. The molecule has 3 aromatic carbocycles. The highest BCUT2D eigenvalue weighted by atomic mass is 32.2. The fourth-order valence-corrected chi connectivity index (χ4v) is 5.62. The van der Waals surface area contributed by atoms with Gasteiger partial charge in [-0.25, -0.2) is 4.79 Å². The number of phenols is 1. The number of nitrogens with zero attached hydrogens (tertiary/aromatic N) is 1. The lowest BCUT2D eigenvalue weighted by Crippen LogP contribution is -2.70. The summed E-state index contributed by atoms with van der Waals surface area (Å²) in [6.07, 6.45) is 0.986. The average Bonchev–Trinajstić information content (AvgIpc) is 2.92. The minimum absolute atomic E-state index is 0.0459. The summed E-state index contributed by atoms with van der Waals surface area (Å²) < 4.78 is 6.06. The van der Waals surface area contributed by atoms with Crippen molar-refractivity contribution in [2.45, 2.75) is 17.5 Å². The number of phenolic OH excluding ortho intramolecular Hbond substituents is 1. The first-order valence-corrected chi connectivity index (χ1v) is 12.7. The van der Waals surface area contributed by atoms with Crippen molar-refractivity contribution in [1.82, 2.24) is 10.2 Å². The lowest BCUT2D eigenvalue weighted by molar-refractivity contribution is -0.151. The SMILES string of the molecule is O=C(COC(c1ccccc1)c1ccc(-c2ccc(O)cc2)cc1)NC1C(=O)N2C(C(=O)O)=CCSC12. The number of thioether (sulfide) groups is 1. The van der Waals surface area contributed by atoms with Gasteiger partial charge >= 0.3 is 5.97 Å². The van der Waals surface area contributed by atoms with Crippen LogP contribution >= 0.6 is 11.8 Å². The molecule has 3 unspecified atom stereocenters. The van der Waals surface area contributed by atoms with Gasteiger partial charge in [-0.3, -0.25) is 14.5 Å². The van der Waals surface area contributed by atoms with E-state index in [4.69, 9.17) is 4.74 Å². The average molecular weight is 517 g/mol. The van der Waals surface area contributed by atoms with Crippen molar-refractivity contribution in [1.29, 1.82) is 0 Å². The third-order valence-electron chi connectivity index (χ3n) is 6.28. The molecular weight excluding hydrogens is 492 g/mol. The Hall–Kier alpha value is -4.08. The van der Waals surface area contributed by atoms with Crippen molar-refractivity contribution in [3.63, 3.8) is 0 Å². The van der Waals surface area contributed by atoms with Gasteiger partial charge in [0.2, 0.25) is 5.91 Å². The van der Waals surface area contributed by atoms with E-state index in [1.165, 1.54) is 22.7 Å². The van der Waals surface area contributed by atoms with Gasteiger partial charge in [0.25, 0.3) is 5.91 Å². The highest BCUT2D eigenvalue weighted by Gasteiger charge is 2.52. The Kier molecular flexibility index (Phi) is 6.98. The number of ether oxygens (including phenoxy) is 1. The summed E-state index contributed by atoms with van der Waals surface area (Å²) in [7, 11) is 0. The quantitative estimate of drug-likeness (QED) is 0.392. The first kappa shape index (κ1) is 24.6. The van der Waals surface area contributed by atoms with E-state index in [-0.39, 0.29) is 18.1 Å². The highest BCUT2D eigenvalue weighted by molar-refractivity contribution is 8.00. The molecule has 3 aromatic rings. The van der Waals surface area contributed by atoms with E-state index in [2.05, 4.69) is 5.32 Å². The molecule has 2 aliphatic heterocycles. The minimum atomic E-state index is -1.16. The van der Waals surface area contributed by atoms with Crippen molar-refractivity contribution < 1.29 is 29.3 Å². The van der Waals surface area contributed by atoms with Gasteiger partial charge in [0, 0.05) is 5.75 Å². The highest BCUT2D eigenvalue weighted by Crippen LogP contribution is 2.37. The molecule has 1 saturated heterocycles. The van der Waals surface area contributed by atoms with Crippen molar-refractivity contribution in [3.8, 4) is 16.9 Å². The summed E-state index contributed by atoms with van der Waals surface area (Å²) in [6, 6.07) is 23.5. The van der Waals surface area contributed by atoms with Crippen LogP contribution in [0.1, 0.15) is 17.2 Å². The number of carbonyl (C=O) groups is 3. The van der Waals surface area contributed by atoms with E-state index in [1.54, 1.807) is 12.1 Å². The Bertz CT molecular complexity index is 1340. The normalized spacial score (nSPS) is 19.3. The smallest absolute Gasteiger partial charge is 0.352 e. The van der Waals surface area contributed by atoms with E-state index >= 15 is 0 Å². The Morgan fingerprint density at radius 2 is 1.59 bits per heavy atom. The molecule has 0 aliphatic carbocycles. The van der Waals surface area contributed by atoms with Gasteiger partial charge in [-0.2, -0.15) is 0 Å². The molecule has 2 aliphatic rings. The van der Waals surface area contributed by atoms with Gasteiger partial charge < -0.3 is 20.3 Å². The maximum atomic E-state index is 12.7. The predicted octanol–water partition coefficient (Wildman–Crippen LogP) is 3.53. The number of amides is 2. The first-order valence-electron chi connectivity index (χ1n) is 11.7. The summed E-state index contributed by atoms with van der Waals surface area (Å²) in [5, 5.41) is 21.1. The summed E-state index contributed by atoms with van der Waals surface area (Å²) in [5.41, 5.74) is 3.61. The second-order valence-corrected chi connectivity index (χ2v) is 9.79. The van der Waals surface area contributed by atoms with E-state index in [0.717, 1.165) is 22.3 Å². The van der Waals surface area contributed by atoms with Crippen molar-refractivity contribution in [2.24, 2.45) is 0 Å². The molecule has 0 radical (unpaired) electrons. The lowest BCUT2D eigenvalue weighted by Gasteiger charge is -2.48. The number of aromatic hydroxyl groups is 1. The fraction of sp³-hybridized carbons (Fsp3) is 0.179. The minimum Gasteiger partial charge on any atom is -0.508 e. The number of rotatable bonds is 8. The zero-order chi connectivity index (χ0) is 25.9. The molecule has 5 rings (SSSR count). The maximum Gasteiger partial charge on any atom is 0.352 e. The van der Waals surface area contributed by atoms with E-state index in [9.17, 15) is 24.6 Å². The second kappa shape index (κ2) is 10.5. The molecule has 0 spiro atoms. The molecule has 188 valence electrons. The molecule has 37 heavy (non-hydrogen) atoms. The Balaban J connectivity index is 1.27. The van der Waals surface area contributed by atoms with Gasteiger partial charge in [-0.1, -0.05) is 66.7 Å². The number of carbonyl (C=O) groups excluding carboxylic acids is 2. The molecule has 2 heterocycles. The topological polar surface area (TPSA) is 116 Å². The molecule has 3 atom stereocenters. The zero-order valence-corrected chi connectivity index (χ0v) is 20.4. The summed E-state index contributed by atoms with van der Waals surface area (Å²) in [4.78, 5) is 37.9. The number of hydrogen-bond donors (Lipinski definition) is 3. The van der Waals surface area contributed by atoms with Crippen LogP contribution in [-0.4, -0.2) is 56.7 Å². The van der Waals surface area contributed by atoms with Gasteiger partial charge in [0.05, 0.1) is 0 Å². The van der Waals surface area contributed by atoms with Gasteiger partial charge in [-0.05, 0) is 40.5 Å². The number of carboxylic acids is 1. The summed E-state index contributed by atoms with van der Waals surface area (Å²) >= 11 is 1.40. The largest absolute Gasteiger partial charge is 0.508 e. The molecule has 1 fully saturated rings. The molecule has 3 N–H and O–H groups in total. The predicted molar refractivity (Wildman–Crippen MR) is 139 cm³/mol. The molecule has 0 bridgehead atoms. The molecule has 2 amide bonds. The van der Waals surface area contributed by atoms with Crippen LogP contribution in [0.25, 0.3) is 11.1 Å². The van der Waals surface area contributed by atoms with Crippen LogP contribution in [0.3, 0.4) is 0 Å². The zero-order valence-electron chi connectivity index (χ0n) is 19.6. The van der Waals surface area contributed by atoms with Crippen LogP contribution in [-0.2, 0) is 19.1 Å². The molecule has 0 aromatic heterocycles. The number of nitrogens with one attached hydrogen (secondary N) is 1. The Labute approximate surface area is 217 Å². The van der Waals surface area contributed by atoms with Crippen molar-refractivity contribution in [2.75, 3.05) is 12.4 Å². The second-order valence-electron chi connectivity index (χ2n) is 8.64. The lowest BCUT2D eigenvalue weighted by atomic mass is 9.98. The van der Waals surface area contributed by atoms with Crippen molar-refractivity contribution >= 4 is 29.5 Å². The maximum absolute atomic E-state index is 12.7. The summed E-state index contributed by atoms with van der Waals surface area (Å²) in [5.74, 6) is -1.40. The molecular formula is C28H24N2O6S. The number of β-lactam (4-membered cyclic amide) rings is 1. The fourth-order valence-electron chi connectivity index (χ4n) is 4.43. The monoisotopic (exact) mass is 516 g/mol. The van der Waals surface area contributed by atoms with Crippen molar-refractivity contribution in [3.05, 3.63) is 102 Å². The van der Waals surface area contributed by atoms with Crippen LogP contribution < -0.4 is 5.32 Å². The van der Waals surface area contributed by atoms with Gasteiger partial charge in [0.1, 0.15) is 35.6 Å². The Morgan fingerprint density at radius 1 is 0.973 bits per heavy atom. The third kappa shape index (κ3) is 5.09. The van der Waals surface area contributed by atoms with Crippen LogP contribution in [0.2, 0.25) is 0 Å². The molecule has 0 saturated carbocycles. The molecule has 9 heteroatoms. The third-order valence-corrected chi connectivity index (χ3v) is 7.46. The van der Waals surface area contributed by atoms with E-state index in [0.29, 0.717) is 5.75 Å². The van der Waals surface area contributed by atoms with Crippen LogP contribution in [0.15, 0.2) is 90.6 Å². The number of aliphatic carboxylic acids is 1. The van der Waals surface area contributed by atoms with Crippen LogP contribution in [0.5, 0.6) is 5.75 Å².